The molecule has 0 aliphatic carbocycles. The van der Waals surface area contributed by atoms with E-state index in [1.807, 2.05) is 31.2 Å². The molecule has 4 heteroatoms. The van der Waals surface area contributed by atoms with Crippen molar-refractivity contribution in [3.05, 3.63) is 65.2 Å². The van der Waals surface area contributed by atoms with Crippen molar-refractivity contribution in [2.75, 3.05) is 11.9 Å². The van der Waals surface area contributed by atoms with E-state index in [2.05, 4.69) is 0 Å². The molecule has 0 saturated heterocycles. The fourth-order valence-corrected chi connectivity index (χ4v) is 2.08. The van der Waals surface area contributed by atoms with Gasteiger partial charge in [-0.3, -0.25) is 4.79 Å². The van der Waals surface area contributed by atoms with Crippen LogP contribution in [0.3, 0.4) is 0 Å². The van der Waals surface area contributed by atoms with Crippen molar-refractivity contribution < 1.29 is 14.7 Å². The van der Waals surface area contributed by atoms with Gasteiger partial charge in [0.15, 0.2) is 0 Å². The van der Waals surface area contributed by atoms with E-state index in [4.69, 9.17) is 0 Å². The number of benzene rings is 2. The molecular weight excluding hydrogens is 266 g/mol. The molecule has 0 atom stereocenters. The molecule has 0 aromatic heterocycles. The van der Waals surface area contributed by atoms with Crippen molar-refractivity contribution >= 4 is 17.6 Å². The van der Waals surface area contributed by atoms with Gasteiger partial charge < -0.3 is 10.0 Å². The van der Waals surface area contributed by atoms with Gasteiger partial charge >= 0.3 is 5.97 Å². The summed E-state index contributed by atoms with van der Waals surface area (Å²) in [7, 11) is 1.60. The fraction of sp³-hybridized carbons (Fsp3) is 0.176. The van der Waals surface area contributed by atoms with E-state index in [-0.39, 0.29) is 17.9 Å². The number of amides is 1. The first-order valence-corrected chi connectivity index (χ1v) is 6.63. The number of hydrogen-bond acceptors (Lipinski definition) is 2. The van der Waals surface area contributed by atoms with E-state index in [0.717, 1.165) is 11.1 Å². The normalized spacial score (nSPS) is 10.2. The third-order valence-corrected chi connectivity index (χ3v) is 3.35. The number of carboxylic acids is 1. The second-order valence-electron chi connectivity index (χ2n) is 4.94. The minimum Gasteiger partial charge on any atom is -0.478 e. The summed E-state index contributed by atoms with van der Waals surface area (Å²) in [5.41, 5.74) is 2.57. The van der Waals surface area contributed by atoms with Crippen LogP contribution < -0.4 is 4.90 Å². The zero-order valence-corrected chi connectivity index (χ0v) is 12.0. The smallest absolute Gasteiger partial charge is 0.337 e. The number of carbonyl (C=O) groups is 2. The van der Waals surface area contributed by atoms with E-state index in [1.54, 1.807) is 25.2 Å². The van der Waals surface area contributed by atoms with Crippen molar-refractivity contribution in [3.63, 3.8) is 0 Å². The first-order chi connectivity index (χ1) is 9.99. The van der Waals surface area contributed by atoms with Crippen LogP contribution in [0, 0.1) is 6.92 Å². The van der Waals surface area contributed by atoms with Crippen LogP contribution in [-0.2, 0) is 11.2 Å². The molecule has 0 fully saturated rings. The topological polar surface area (TPSA) is 57.6 Å². The number of hydrogen-bond donors (Lipinski definition) is 1. The van der Waals surface area contributed by atoms with Gasteiger partial charge in [-0.05, 0) is 24.6 Å². The SMILES string of the molecule is Cc1ccc(CC(=O)N(C)c2ccccc2C(=O)O)cc1. The van der Waals surface area contributed by atoms with Gasteiger partial charge in [-0.2, -0.15) is 0 Å². The van der Waals surface area contributed by atoms with E-state index in [9.17, 15) is 14.7 Å². The van der Waals surface area contributed by atoms with Crippen molar-refractivity contribution in [3.8, 4) is 0 Å². The third-order valence-electron chi connectivity index (χ3n) is 3.35. The maximum Gasteiger partial charge on any atom is 0.337 e. The fourth-order valence-electron chi connectivity index (χ4n) is 2.08. The predicted octanol–water partition coefficient (Wildman–Crippen LogP) is 2.90. The zero-order chi connectivity index (χ0) is 15.4. The molecule has 1 N–H and O–H groups in total. The van der Waals surface area contributed by atoms with Crippen LogP contribution in [0.15, 0.2) is 48.5 Å². The zero-order valence-electron chi connectivity index (χ0n) is 12.0. The second kappa shape index (κ2) is 6.22. The Bertz CT molecular complexity index is 662. The lowest BCUT2D eigenvalue weighted by atomic mass is 10.1. The molecule has 21 heavy (non-hydrogen) atoms. The van der Waals surface area contributed by atoms with E-state index in [1.165, 1.54) is 11.0 Å². The first-order valence-electron chi connectivity index (χ1n) is 6.63. The predicted molar refractivity (Wildman–Crippen MR) is 81.7 cm³/mol. The van der Waals surface area contributed by atoms with E-state index in [0.29, 0.717) is 5.69 Å². The van der Waals surface area contributed by atoms with Crippen molar-refractivity contribution in [2.45, 2.75) is 13.3 Å². The van der Waals surface area contributed by atoms with Crippen LogP contribution in [0.4, 0.5) is 5.69 Å². The maximum absolute atomic E-state index is 12.3. The average Bonchev–Trinajstić information content (AvgIpc) is 2.48. The van der Waals surface area contributed by atoms with Crippen LogP contribution in [0.25, 0.3) is 0 Å². The maximum atomic E-state index is 12.3. The highest BCUT2D eigenvalue weighted by Crippen LogP contribution is 2.20. The lowest BCUT2D eigenvalue weighted by Gasteiger charge is -2.19. The highest BCUT2D eigenvalue weighted by atomic mass is 16.4. The Kier molecular flexibility index (Phi) is 4.38. The van der Waals surface area contributed by atoms with Gasteiger partial charge in [0.1, 0.15) is 0 Å². The first kappa shape index (κ1) is 14.8. The van der Waals surface area contributed by atoms with Crippen LogP contribution in [-0.4, -0.2) is 24.0 Å². The highest BCUT2D eigenvalue weighted by Gasteiger charge is 2.17. The number of aryl methyl sites for hydroxylation is 1. The number of aromatic carboxylic acids is 1. The van der Waals surface area contributed by atoms with Gasteiger partial charge in [0, 0.05) is 7.05 Å². The number of para-hydroxylation sites is 1. The van der Waals surface area contributed by atoms with Gasteiger partial charge in [-0.1, -0.05) is 42.0 Å². The Morgan fingerprint density at radius 2 is 1.67 bits per heavy atom. The van der Waals surface area contributed by atoms with Gasteiger partial charge in [-0.25, -0.2) is 4.79 Å². The molecule has 0 aliphatic rings. The summed E-state index contributed by atoms with van der Waals surface area (Å²) < 4.78 is 0. The summed E-state index contributed by atoms with van der Waals surface area (Å²) in [5.74, 6) is -1.19. The van der Waals surface area contributed by atoms with E-state index < -0.39 is 5.97 Å². The molecule has 108 valence electrons. The molecule has 2 aromatic carbocycles. The van der Waals surface area contributed by atoms with Crippen molar-refractivity contribution in [1.29, 1.82) is 0 Å². The number of carboxylic acid groups (broad SMARTS) is 1. The number of anilines is 1. The molecular formula is C17H17NO3. The van der Waals surface area contributed by atoms with Crippen LogP contribution >= 0.6 is 0 Å². The Balaban J connectivity index is 2.20. The molecule has 2 rings (SSSR count). The van der Waals surface area contributed by atoms with Crippen molar-refractivity contribution in [1.82, 2.24) is 0 Å². The number of likely N-dealkylation sites (N-methyl/N-ethyl adjacent to an activating group) is 1. The van der Waals surface area contributed by atoms with Crippen LogP contribution in [0.5, 0.6) is 0 Å². The summed E-state index contributed by atoms with van der Waals surface area (Å²) in [4.78, 5) is 24.9. The summed E-state index contributed by atoms with van der Waals surface area (Å²) in [6, 6.07) is 14.2. The summed E-state index contributed by atoms with van der Waals surface area (Å²) in [6.07, 6.45) is 0.241. The Morgan fingerprint density at radius 3 is 2.29 bits per heavy atom. The number of nitrogens with zero attached hydrogens (tertiary/aromatic N) is 1. The standard InChI is InChI=1S/C17H17NO3/c1-12-7-9-13(10-8-12)11-16(19)18(2)15-6-4-3-5-14(15)17(20)21/h3-10H,11H2,1-2H3,(H,20,21). The van der Waals surface area contributed by atoms with Crippen LogP contribution in [0.1, 0.15) is 21.5 Å². The molecule has 0 heterocycles. The van der Waals surface area contributed by atoms with Crippen molar-refractivity contribution in [2.24, 2.45) is 0 Å². The lowest BCUT2D eigenvalue weighted by molar-refractivity contribution is -0.117. The number of carbonyl (C=O) groups excluding carboxylic acids is 1. The summed E-state index contributed by atoms with van der Waals surface area (Å²) in [6.45, 7) is 1.99. The van der Waals surface area contributed by atoms with E-state index >= 15 is 0 Å². The van der Waals surface area contributed by atoms with Gasteiger partial charge in [0.2, 0.25) is 5.91 Å². The van der Waals surface area contributed by atoms with Gasteiger partial charge in [-0.15, -0.1) is 0 Å². The molecule has 0 radical (unpaired) electrons. The molecule has 2 aromatic rings. The molecule has 0 unspecified atom stereocenters. The summed E-state index contributed by atoms with van der Waals surface area (Å²) >= 11 is 0. The molecule has 0 spiro atoms. The molecule has 1 amide bonds. The lowest BCUT2D eigenvalue weighted by Crippen LogP contribution is -2.29. The number of rotatable bonds is 4. The van der Waals surface area contributed by atoms with Gasteiger partial charge in [0.25, 0.3) is 0 Å². The molecule has 0 aliphatic heterocycles. The average molecular weight is 283 g/mol. The minimum absolute atomic E-state index is 0.122. The second-order valence-corrected chi connectivity index (χ2v) is 4.94. The highest BCUT2D eigenvalue weighted by molar-refractivity contribution is 6.02. The van der Waals surface area contributed by atoms with Crippen LogP contribution in [0.2, 0.25) is 0 Å². The Morgan fingerprint density at radius 1 is 1.05 bits per heavy atom. The Labute approximate surface area is 123 Å². The Hall–Kier alpha value is -2.62. The summed E-state index contributed by atoms with van der Waals surface area (Å²) in [5, 5.41) is 9.18. The minimum atomic E-state index is -1.04. The quantitative estimate of drug-likeness (QED) is 0.938. The largest absolute Gasteiger partial charge is 0.478 e. The van der Waals surface area contributed by atoms with Gasteiger partial charge in [0.05, 0.1) is 17.7 Å². The molecule has 0 bridgehead atoms. The molecule has 0 saturated carbocycles. The third kappa shape index (κ3) is 3.48. The monoisotopic (exact) mass is 283 g/mol. The molecule has 4 nitrogen and oxygen atoms in total.